The van der Waals surface area contributed by atoms with E-state index in [0.717, 1.165) is 11.3 Å². The van der Waals surface area contributed by atoms with Gasteiger partial charge in [-0.15, -0.1) is 0 Å². The molecule has 1 aromatic carbocycles. The zero-order chi connectivity index (χ0) is 17.6. The number of hydrogen-bond donors (Lipinski definition) is 1. The number of aromatic nitrogens is 1. The van der Waals surface area contributed by atoms with Gasteiger partial charge in [0.15, 0.2) is 0 Å². The maximum atomic E-state index is 12.1. The number of pyridine rings is 1. The summed E-state index contributed by atoms with van der Waals surface area (Å²) in [4.78, 5) is 17.8. The molecule has 0 atom stereocenters. The van der Waals surface area contributed by atoms with E-state index in [1.807, 2.05) is 30.3 Å². The van der Waals surface area contributed by atoms with Gasteiger partial charge < -0.3 is 19.7 Å². The molecular weight excluding hydrogens is 320 g/mol. The van der Waals surface area contributed by atoms with Crippen LogP contribution in [0.25, 0.3) is 0 Å². The van der Waals surface area contributed by atoms with Crippen molar-refractivity contribution in [1.29, 1.82) is 5.26 Å². The number of rotatable bonds is 5. The number of carbonyl (C=O) groups is 1. The largest absolute Gasteiger partial charge is 0.497 e. The van der Waals surface area contributed by atoms with Crippen LogP contribution in [0.15, 0.2) is 42.6 Å². The lowest BCUT2D eigenvalue weighted by Gasteiger charge is -2.38. The van der Waals surface area contributed by atoms with Crippen LogP contribution < -0.4 is 14.8 Å². The topological polar surface area (TPSA) is 87.5 Å². The maximum absolute atomic E-state index is 12.1. The highest BCUT2D eigenvalue weighted by atomic mass is 16.5. The van der Waals surface area contributed by atoms with Gasteiger partial charge in [0.2, 0.25) is 5.88 Å². The molecular formula is C18H18N4O3. The van der Waals surface area contributed by atoms with Crippen molar-refractivity contribution in [2.45, 2.75) is 12.6 Å². The third kappa shape index (κ3) is 3.98. The predicted molar refractivity (Wildman–Crippen MR) is 90.2 cm³/mol. The number of nitrogens with zero attached hydrogens (tertiary/aromatic N) is 3. The molecule has 0 saturated carbocycles. The number of ether oxygens (including phenoxy) is 2. The molecule has 2 amide bonds. The first kappa shape index (κ1) is 16.6. The number of nitrogens with one attached hydrogen (secondary N) is 1. The molecule has 0 bridgehead atoms. The van der Waals surface area contributed by atoms with Gasteiger partial charge >= 0.3 is 6.03 Å². The lowest BCUT2D eigenvalue weighted by atomic mass is 10.2. The van der Waals surface area contributed by atoms with Crippen molar-refractivity contribution in [3.63, 3.8) is 0 Å². The molecule has 25 heavy (non-hydrogen) atoms. The van der Waals surface area contributed by atoms with Crippen LogP contribution in [0.1, 0.15) is 11.1 Å². The van der Waals surface area contributed by atoms with Crippen LogP contribution in [-0.2, 0) is 6.54 Å². The lowest BCUT2D eigenvalue weighted by molar-refractivity contribution is 0.0411. The van der Waals surface area contributed by atoms with Crippen molar-refractivity contribution >= 4 is 6.03 Å². The maximum Gasteiger partial charge on any atom is 0.317 e. The second-order valence-electron chi connectivity index (χ2n) is 5.62. The second kappa shape index (κ2) is 7.53. The van der Waals surface area contributed by atoms with Crippen LogP contribution in [-0.4, -0.2) is 42.2 Å². The zero-order valence-corrected chi connectivity index (χ0v) is 13.8. The van der Waals surface area contributed by atoms with Crippen LogP contribution >= 0.6 is 0 Å². The fraction of sp³-hybridized carbons (Fsp3) is 0.278. The second-order valence-corrected chi connectivity index (χ2v) is 5.62. The first-order chi connectivity index (χ1) is 12.2. The number of carbonyl (C=O) groups excluding carboxylic acids is 1. The molecule has 0 radical (unpaired) electrons. The van der Waals surface area contributed by atoms with E-state index in [0.29, 0.717) is 31.1 Å². The molecule has 7 heteroatoms. The summed E-state index contributed by atoms with van der Waals surface area (Å²) in [6.07, 6.45) is 1.43. The van der Waals surface area contributed by atoms with Gasteiger partial charge in [-0.05, 0) is 29.8 Å². The van der Waals surface area contributed by atoms with Crippen LogP contribution in [0.4, 0.5) is 4.79 Å². The Morgan fingerprint density at radius 3 is 2.80 bits per heavy atom. The molecule has 1 aromatic heterocycles. The van der Waals surface area contributed by atoms with Gasteiger partial charge in [0.05, 0.1) is 20.2 Å². The van der Waals surface area contributed by atoms with E-state index in [2.05, 4.69) is 10.3 Å². The molecule has 7 nitrogen and oxygen atoms in total. The average Bonchev–Trinajstić information content (AvgIpc) is 2.63. The summed E-state index contributed by atoms with van der Waals surface area (Å²) in [5.74, 6) is 1.09. The van der Waals surface area contributed by atoms with E-state index in [-0.39, 0.29) is 12.1 Å². The minimum atomic E-state index is -0.145. The quantitative estimate of drug-likeness (QED) is 0.900. The molecule has 1 aliphatic rings. The minimum absolute atomic E-state index is 0.141. The SMILES string of the molecule is COc1ccc(CNC(=O)N2CC(Oc3ncccc3C#N)C2)cc1. The first-order valence-electron chi connectivity index (χ1n) is 7.87. The number of methoxy groups -OCH3 is 1. The Balaban J connectivity index is 1.44. The highest BCUT2D eigenvalue weighted by Crippen LogP contribution is 2.19. The number of nitriles is 1. The Morgan fingerprint density at radius 1 is 1.36 bits per heavy atom. The summed E-state index contributed by atoms with van der Waals surface area (Å²) in [5.41, 5.74) is 1.39. The molecule has 1 saturated heterocycles. The van der Waals surface area contributed by atoms with E-state index in [1.54, 1.807) is 30.3 Å². The molecule has 1 fully saturated rings. The first-order valence-corrected chi connectivity index (χ1v) is 7.87. The number of amides is 2. The molecule has 0 spiro atoms. The fourth-order valence-electron chi connectivity index (χ4n) is 2.44. The summed E-state index contributed by atoms with van der Waals surface area (Å²) in [7, 11) is 1.61. The number of urea groups is 1. The molecule has 1 N–H and O–H groups in total. The van der Waals surface area contributed by atoms with E-state index >= 15 is 0 Å². The molecule has 2 heterocycles. The molecule has 128 valence electrons. The fourth-order valence-corrected chi connectivity index (χ4v) is 2.44. The predicted octanol–water partition coefficient (Wildman–Crippen LogP) is 1.93. The molecule has 1 aliphatic heterocycles. The van der Waals surface area contributed by atoms with Crippen molar-refractivity contribution in [2.75, 3.05) is 20.2 Å². The summed E-state index contributed by atoms with van der Waals surface area (Å²) < 4.78 is 10.8. The zero-order valence-electron chi connectivity index (χ0n) is 13.8. The van der Waals surface area contributed by atoms with E-state index in [4.69, 9.17) is 14.7 Å². The van der Waals surface area contributed by atoms with Crippen molar-refractivity contribution in [2.24, 2.45) is 0 Å². The Kier molecular flexibility index (Phi) is 5.00. The number of hydrogen-bond acceptors (Lipinski definition) is 5. The molecule has 0 aliphatic carbocycles. The molecule has 3 rings (SSSR count). The van der Waals surface area contributed by atoms with E-state index < -0.39 is 0 Å². The number of benzene rings is 1. The van der Waals surface area contributed by atoms with E-state index in [1.165, 1.54) is 0 Å². The Morgan fingerprint density at radius 2 is 2.12 bits per heavy atom. The summed E-state index contributed by atoms with van der Waals surface area (Å²) in [6.45, 7) is 1.38. The van der Waals surface area contributed by atoms with Gasteiger partial charge in [0.25, 0.3) is 0 Å². The Labute approximate surface area is 145 Å². The summed E-state index contributed by atoms with van der Waals surface area (Å²) in [6, 6.07) is 12.8. The Hall–Kier alpha value is -3.27. The minimum Gasteiger partial charge on any atom is -0.497 e. The smallest absolute Gasteiger partial charge is 0.317 e. The summed E-state index contributed by atoms with van der Waals surface area (Å²) in [5, 5.41) is 11.9. The van der Waals surface area contributed by atoms with Crippen LogP contribution in [0, 0.1) is 11.3 Å². The van der Waals surface area contributed by atoms with Gasteiger partial charge in [-0.1, -0.05) is 12.1 Å². The van der Waals surface area contributed by atoms with Crippen LogP contribution in [0.5, 0.6) is 11.6 Å². The average molecular weight is 338 g/mol. The van der Waals surface area contributed by atoms with Crippen molar-refractivity contribution in [3.05, 3.63) is 53.7 Å². The molecule has 0 unspecified atom stereocenters. The normalized spacial score (nSPS) is 13.5. The van der Waals surface area contributed by atoms with Gasteiger partial charge in [0.1, 0.15) is 23.5 Å². The van der Waals surface area contributed by atoms with Gasteiger partial charge in [-0.2, -0.15) is 5.26 Å². The van der Waals surface area contributed by atoms with Crippen molar-refractivity contribution in [3.8, 4) is 17.7 Å². The third-order valence-electron chi connectivity index (χ3n) is 3.91. The van der Waals surface area contributed by atoms with Gasteiger partial charge in [-0.3, -0.25) is 0 Å². The molecule has 2 aromatic rings. The standard InChI is InChI=1S/C18H18N4O3/c1-24-15-6-4-13(5-7-15)10-21-18(23)22-11-16(12-22)25-17-14(9-19)3-2-8-20-17/h2-8,16H,10-12H2,1H3,(H,21,23). The van der Waals surface area contributed by atoms with Crippen molar-refractivity contribution in [1.82, 2.24) is 15.2 Å². The van der Waals surface area contributed by atoms with Crippen LogP contribution in [0.3, 0.4) is 0 Å². The van der Waals surface area contributed by atoms with Gasteiger partial charge in [-0.25, -0.2) is 9.78 Å². The van der Waals surface area contributed by atoms with Gasteiger partial charge in [0, 0.05) is 12.7 Å². The third-order valence-corrected chi connectivity index (χ3v) is 3.91. The number of likely N-dealkylation sites (tertiary alicyclic amines) is 1. The summed E-state index contributed by atoms with van der Waals surface area (Å²) >= 11 is 0. The monoisotopic (exact) mass is 338 g/mol. The van der Waals surface area contributed by atoms with Crippen molar-refractivity contribution < 1.29 is 14.3 Å². The highest BCUT2D eigenvalue weighted by molar-refractivity contribution is 5.75. The Bertz CT molecular complexity index is 780. The van der Waals surface area contributed by atoms with Crippen LogP contribution in [0.2, 0.25) is 0 Å². The highest BCUT2D eigenvalue weighted by Gasteiger charge is 2.32. The van der Waals surface area contributed by atoms with E-state index in [9.17, 15) is 4.79 Å². The lowest BCUT2D eigenvalue weighted by Crippen LogP contribution is -2.58.